The summed E-state index contributed by atoms with van der Waals surface area (Å²) < 4.78 is 1.23. The molecule has 90 valence electrons. The molecule has 0 aromatic carbocycles. The first kappa shape index (κ1) is 12.6. The van der Waals surface area contributed by atoms with E-state index >= 15 is 0 Å². The summed E-state index contributed by atoms with van der Waals surface area (Å²) >= 11 is 5.40. The van der Waals surface area contributed by atoms with Crippen LogP contribution in [0.15, 0.2) is 9.85 Å². The predicted molar refractivity (Wildman–Crippen MR) is 74.9 cm³/mol. The second-order valence-electron chi connectivity index (χ2n) is 5.30. The summed E-state index contributed by atoms with van der Waals surface area (Å²) in [6.07, 6.45) is 6.63. The minimum absolute atomic E-state index is 0.211. The first-order valence-electron chi connectivity index (χ1n) is 6.04. The predicted octanol–water partition coefficient (Wildman–Crippen LogP) is 4.79. The van der Waals surface area contributed by atoms with Gasteiger partial charge < -0.3 is 5.73 Å². The van der Waals surface area contributed by atoms with Crippen molar-refractivity contribution >= 4 is 27.3 Å². The molecular formula is C13H20BrNS. The second kappa shape index (κ2) is 4.79. The lowest BCUT2D eigenvalue weighted by Gasteiger charge is -2.38. The monoisotopic (exact) mass is 301 g/mol. The summed E-state index contributed by atoms with van der Waals surface area (Å²) in [5.74, 6) is 0. The summed E-state index contributed by atoms with van der Waals surface area (Å²) in [5.41, 5.74) is 8.10. The average Bonchev–Trinajstić information content (AvgIpc) is 2.59. The van der Waals surface area contributed by atoms with Gasteiger partial charge in [-0.15, -0.1) is 11.3 Å². The van der Waals surface area contributed by atoms with Crippen LogP contribution < -0.4 is 5.73 Å². The Bertz CT molecular complexity index is 347. The van der Waals surface area contributed by atoms with Gasteiger partial charge >= 0.3 is 0 Å². The average molecular weight is 302 g/mol. The normalized spacial score (nSPS) is 22.0. The lowest BCUT2D eigenvalue weighted by atomic mass is 9.70. The molecule has 0 bridgehead atoms. The Kier molecular flexibility index (Phi) is 3.77. The minimum Gasteiger partial charge on any atom is -0.323 e. The molecule has 16 heavy (non-hydrogen) atoms. The first-order valence-corrected chi connectivity index (χ1v) is 7.65. The maximum absolute atomic E-state index is 6.48. The van der Waals surface area contributed by atoms with Gasteiger partial charge in [0.1, 0.15) is 0 Å². The number of aryl methyl sites for hydroxylation is 1. The second-order valence-corrected chi connectivity index (χ2v) is 7.70. The third-order valence-corrected chi connectivity index (χ3v) is 6.15. The van der Waals surface area contributed by atoms with Crippen LogP contribution in [-0.4, -0.2) is 0 Å². The van der Waals surface area contributed by atoms with Crippen molar-refractivity contribution in [3.63, 3.8) is 0 Å². The molecule has 3 heteroatoms. The Morgan fingerprint density at radius 2 is 2.00 bits per heavy atom. The SMILES string of the molecule is Cc1cc(C(N)C2(C)CCCCC2)sc1Br. The standard InChI is InChI=1S/C13H20BrNS/c1-9-8-10(16-12(9)14)11(15)13(2)6-4-3-5-7-13/h8,11H,3-7,15H2,1-2H3. The van der Waals surface area contributed by atoms with E-state index in [1.165, 1.54) is 46.3 Å². The zero-order valence-electron chi connectivity index (χ0n) is 10.1. The smallest absolute Gasteiger partial charge is 0.0731 e. The Balaban J connectivity index is 2.20. The molecule has 1 nitrogen and oxygen atoms in total. The molecule has 2 N–H and O–H groups in total. The fourth-order valence-electron chi connectivity index (χ4n) is 2.65. The largest absolute Gasteiger partial charge is 0.323 e. The van der Waals surface area contributed by atoms with Crippen molar-refractivity contribution in [2.75, 3.05) is 0 Å². The van der Waals surface area contributed by atoms with Gasteiger partial charge in [-0.25, -0.2) is 0 Å². The summed E-state index contributed by atoms with van der Waals surface area (Å²) in [5, 5.41) is 0. The summed E-state index contributed by atoms with van der Waals surface area (Å²) in [6, 6.07) is 2.46. The number of halogens is 1. The van der Waals surface area contributed by atoms with Gasteiger partial charge in [-0.3, -0.25) is 0 Å². The third kappa shape index (κ3) is 2.36. The highest BCUT2D eigenvalue weighted by Gasteiger charge is 2.34. The molecule has 1 saturated carbocycles. The van der Waals surface area contributed by atoms with Gasteiger partial charge in [0.25, 0.3) is 0 Å². The third-order valence-electron chi connectivity index (χ3n) is 3.93. The number of rotatable bonds is 2. The first-order chi connectivity index (χ1) is 7.53. The van der Waals surface area contributed by atoms with Crippen molar-refractivity contribution in [2.45, 2.75) is 52.0 Å². The van der Waals surface area contributed by atoms with Crippen LogP contribution in [0.25, 0.3) is 0 Å². The zero-order chi connectivity index (χ0) is 11.8. The summed E-state index contributed by atoms with van der Waals surface area (Å²) in [4.78, 5) is 1.34. The quantitative estimate of drug-likeness (QED) is 0.835. The molecular weight excluding hydrogens is 282 g/mol. The van der Waals surface area contributed by atoms with Gasteiger partial charge in [-0.2, -0.15) is 0 Å². The molecule has 1 atom stereocenters. The van der Waals surface area contributed by atoms with E-state index in [-0.39, 0.29) is 6.04 Å². The molecule has 0 saturated heterocycles. The van der Waals surface area contributed by atoms with Crippen LogP contribution in [-0.2, 0) is 0 Å². The number of thiophene rings is 1. The number of hydrogen-bond donors (Lipinski definition) is 1. The van der Waals surface area contributed by atoms with Gasteiger partial charge in [0.2, 0.25) is 0 Å². The van der Waals surface area contributed by atoms with Gasteiger partial charge in [-0.1, -0.05) is 26.2 Å². The Hall–Kier alpha value is 0.140. The highest BCUT2D eigenvalue weighted by Crippen LogP contribution is 2.46. The van der Waals surface area contributed by atoms with Gasteiger partial charge in [0, 0.05) is 10.9 Å². The topological polar surface area (TPSA) is 26.0 Å². The van der Waals surface area contributed by atoms with Crippen molar-refractivity contribution in [3.8, 4) is 0 Å². The van der Waals surface area contributed by atoms with Crippen LogP contribution in [0.2, 0.25) is 0 Å². The zero-order valence-corrected chi connectivity index (χ0v) is 12.5. The Morgan fingerprint density at radius 1 is 1.38 bits per heavy atom. The number of nitrogens with two attached hydrogens (primary N) is 1. The molecule has 0 radical (unpaired) electrons. The van der Waals surface area contributed by atoms with Gasteiger partial charge in [-0.05, 0) is 52.7 Å². The Morgan fingerprint density at radius 3 is 2.50 bits per heavy atom. The van der Waals surface area contributed by atoms with E-state index < -0.39 is 0 Å². The van der Waals surface area contributed by atoms with Crippen LogP contribution in [0, 0.1) is 12.3 Å². The van der Waals surface area contributed by atoms with Crippen LogP contribution in [0.4, 0.5) is 0 Å². The molecule has 1 unspecified atom stereocenters. The van der Waals surface area contributed by atoms with Crippen molar-refractivity contribution in [1.82, 2.24) is 0 Å². The summed E-state index contributed by atoms with van der Waals surface area (Å²) in [6.45, 7) is 4.50. The lowest BCUT2D eigenvalue weighted by Crippen LogP contribution is -2.33. The molecule has 0 amide bonds. The minimum atomic E-state index is 0.211. The van der Waals surface area contributed by atoms with E-state index in [0.717, 1.165) is 0 Å². The molecule has 1 aromatic rings. The maximum atomic E-state index is 6.48. The van der Waals surface area contributed by atoms with Crippen molar-refractivity contribution in [2.24, 2.45) is 11.1 Å². The summed E-state index contributed by atoms with van der Waals surface area (Å²) in [7, 11) is 0. The molecule has 1 aromatic heterocycles. The van der Waals surface area contributed by atoms with Crippen LogP contribution >= 0.6 is 27.3 Å². The van der Waals surface area contributed by atoms with Crippen molar-refractivity contribution in [3.05, 3.63) is 20.3 Å². The van der Waals surface area contributed by atoms with Crippen molar-refractivity contribution in [1.29, 1.82) is 0 Å². The molecule has 1 heterocycles. The Labute approximate surface area is 111 Å². The van der Waals surface area contributed by atoms with Gasteiger partial charge in [0.15, 0.2) is 0 Å². The van der Waals surface area contributed by atoms with E-state index in [1.54, 1.807) is 11.3 Å². The van der Waals surface area contributed by atoms with E-state index in [0.29, 0.717) is 5.41 Å². The molecule has 1 aliphatic carbocycles. The fraction of sp³-hybridized carbons (Fsp3) is 0.692. The number of hydrogen-bond acceptors (Lipinski definition) is 2. The van der Waals surface area contributed by atoms with Crippen LogP contribution in [0.1, 0.15) is 55.5 Å². The van der Waals surface area contributed by atoms with E-state index in [2.05, 4.69) is 35.8 Å². The molecule has 0 spiro atoms. The van der Waals surface area contributed by atoms with Crippen LogP contribution in [0.5, 0.6) is 0 Å². The molecule has 0 aliphatic heterocycles. The highest BCUT2D eigenvalue weighted by atomic mass is 79.9. The van der Waals surface area contributed by atoms with Crippen molar-refractivity contribution < 1.29 is 0 Å². The molecule has 1 fully saturated rings. The molecule has 2 rings (SSSR count). The maximum Gasteiger partial charge on any atom is 0.0731 e. The van der Waals surface area contributed by atoms with E-state index in [1.807, 2.05) is 0 Å². The van der Waals surface area contributed by atoms with Crippen LogP contribution in [0.3, 0.4) is 0 Å². The fourth-order valence-corrected chi connectivity index (χ4v) is 4.40. The molecule has 1 aliphatic rings. The van der Waals surface area contributed by atoms with E-state index in [4.69, 9.17) is 5.73 Å². The highest BCUT2D eigenvalue weighted by molar-refractivity contribution is 9.11. The lowest BCUT2D eigenvalue weighted by molar-refractivity contribution is 0.172. The van der Waals surface area contributed by atoms with Gasteiger partial charge in [0.05, 0.1) is 3.79 Å². The van der Waals surface area contributed by atoms with E-state index in [9.17, 15) is 0 Å².